The van der Waals surface area contributed by atoms with Crippen LogP contribution in [0.2, 0.25) is 0 Å². The summed E-state index contributed by atoms with van der Waals surface area (Å²) in [5.74, 6) is 0.139. The van der Waals surface area contributed by atoms with E-state index in [-0.39, 0.29) is 28.6 Å². The van der Waals surface area contributed by atoms with Crippen molar-refractivity contribution in [3.63, 3.8) is 0 Å². The molecule has 0 heterocycles. The SMILES string of the molecule is CC(C)(C)/C=C(\C#N)C(=O)CCC1CC[C@@H](C2CCCCC2)[C@H](C(=O)O)C1. The third-order valence-corrected chi connectivity index (χ3v) is 6.36. The molecule has 2 rings (SSSR count). The van der Waals surface area contributed by atoms with Crippen LogP contribution in [-0.2, 0) is 9.59 Å². The number of hydrogen-bond donors (Lipinski definition) is 1. The second-order valence-electron chi connectivity index (χ2n) is 9.68. The summed E-state index contributed by atoms with van der Waals surface area (Å²) in [5, 5.41) is 19.0. The van der Waals surface area contributed by atoms with Crippen LogP contribution in [0.4, 0.5) is 0 Å². The number of carbonyl (C=O) groups excluding carboxylic acids is 1. The second-order valence-corrected chi connectivity index (χ2v) is 9.68. The molecule has 0 aliphatic heterocycles. The molecule has 0 amide bonds. The van der Waals surface area contributed by atoms with Crippen molar-refractivity contribution >= 4 is 11.8 Å². The molecule has 2 aliphatic carbocycles. The van der Waals surface area contributed by atoms with Gasteiger partial charge in [0.1, 0.15) is 6.07 Å². The van der Waals surface area contributed by atoms with Gasteiger partial charge in [-0.2, -0.15) is 5.26 Å². The summed E-state index contributed by atoms with van der Waals surface area (Å²) < 4.78 is 0. The maximum absolute atomic E-state index is 12.4. The molecule has 2 aliphatic rings. The van der Waals surface area contributed by atoms with Crippen molar-refractivity contribution in [1.82, 2.24) is 0 Å². The zero-order valence-corrected chi connectivity index (χ0v) is 17.2. The summed E-state index contributed by atoms with van der Waals surface area (Å²) in [7, 11) is 0. The molecule has 1 unspecified atom stereocenters. The molecule has 3 atom stereocenters. The van der Waals surface area contributed by atoms with E-state index in [4.69, 9.17) is 0 Å². The number of allylic oxidation sites excluding steroid dienone is 2. The predicted molar refractivity (Wildman–Crippen MR) is 106 cm³/mol. The lowest BCUT2D eigenvalue weighted by molar-refractivity contribution is -0.147. The van der Waals surface area contributed by atoms with Gasteiger partial charge in [0.15, 0.2) is 5.78 Å². The summed E-state index contributed by atoms with van der Waals surface area (Å²) in [5.41, 5.74) is 0.0425. The minimum absolute atomic E-state index is 0.103. The highest BCUT2D eigenvalue weighted by atomic mass is 16.4. The van der Waals surface area contributed by atoms with Crippen molar-refractivity contribution in [2.75, 3.05) is 0 Å². The van der Waals surface area contributed by atoms with Crippen molar-refractivity contribution in [3.8, 4) is 6.07 Å². The van der Waals surface area contributed by atoms with Gasteiger partial charge in [-0.25, -0.2) is 0 Å². The number of aliphatic carboxylic acids is 1. The van der Waals surface area contributed by atoms with Gasteiger partial charge in [-0.15, -0.1) is 0 Å². The van der Waals surface area contributed by atoms with Crippen molar-refractivity contribution in [2.24, 2.45) is 29.1 Å². The first kappa shape index (κ1) is 21.7. The third-order valence-electron chi connectivity index (χ3n) is 6.36. The molecular formula is C23H35NO3. The maximum Gasteiger partial charge on any atom is 0.306 e. The highest BCUT2D eigenvalue weighted by Gasteiger charge is 2.39. The molecule has 27 heavy (non-hydrogen) atoms. The Bertz CT molecular complexity index is 602. The van der Waals surface area contributed by atoms with Crippen LogP contribution in [0, 0.1) is 40.4 Å². The second kappa shape index (κ2) is 9.53. The molecule has 2 fully saturated rings. The molecular weight excluding hydrogens is 338 g/mol. The zero-order chi connectivity index (χ0) is 20.0. The van der Waals surface area contributed by atoms with Crippen molar-refractivity contribution in [1.29, 1.82) is 5.26 Å². The monoisotopic (exact) mass is 373 g/mol. The van der Waals surface area contributed by atoms with Gasteiger partial charge in [0, 0.05) is 6.42 Å². The normalized spacial score (nSPS) is 27.8. The van der Waals surface area contributed by atoms with Gasteiger partial charge < -0.3 is 5.11 Å². The van der Waals surface area contributed by atoms with Crippen LogP contribution >= 0.6 is 0 Å². The molecule has 0 radical (unpaired) electrons. The van der Waals surface area contributed by atoms with Crippen molar-refractivity contribution in [3.05, 3.63) is 11.6 Å². The van der Waals surface area contributed by atoms with Gasteiger partial charge in [0.25, 0.3) is 0 Å². The van der Waals surface area contributed by atoms with E-state index in [0.29, 0.717) is 31.1 Å². The molecule has 0 aromatic heterocycles. The lowest BCUT2D eigenvalue weighted by atomic mass is 9.65. The molecule has 0 aromatic carbocycles. The van der Waals surface area contributed by atoms with Crippen LogP contribution in [0.15, 0.2) is 11.6 Å². The van der Waals surface area contributed by atoms with Crippen LogP contribution in [0.25, 0.3) is 0 Å². The number of ketones is 1. The Balaban J connectivity index is 1.93. The summed E-state index contributed by atoms with van der Waals surface area (Å²) in [6.45, 7) is 5.92. The molecule has 150 valence electrons. The smallest absolute Gasteiger partial charge is 0.306 e. The first-order valence-electron chi connectivity index (χ1n) is 10.6. The average molecular weight is 374 g/mol. The van der Waals surface area contributed by atoms with Crippen LogP contribution in [0.5, 0.6) is 0 Å². The van der Waals surface area contributed by atoms with E-state index >= 15 is 0 Å². The third kappa shape index (κ3) is 6.48. The number of carboxylic acid groups (broad SMARTS) is 1. The molecule has 1 N–H and O–H groups in total. The van der Waals surface area contributed by atoms with E-state index in [0.717, 1.165) is 12.8 Å². The number of carboxylic acids is 1. The van der Waals surface area contributed by atoms with E-state index in [9.17, 15) is 20.0 Å². The van der Waals surface area contributed by atoms with E-state index in [1.165, 1.54) is 32.1 Å². The fourth-order valence-electron chi connectivity index (χ4n) is 5.03. The summed E-state index contributed by atoms with van der Waals surface area (Å²) in [6.07, 6.45) is 11.6. The Morgan fingerprint density at radius 3 is 2.33 bits per heavy atom. The number of carbonyl (C=O) groups is 2. The summed E-state index contributed by atoms with van der Waals surface area (Å²) >= 11 is 0. The Labute approximate surface area is 164 Å². The molecule has 2 saturated carbocycles. The molecule has 0 spiro atoms. The van der Waals surface area contributed by atoms with Crippen LogP contribution in [-0.4, -0.2) is 16.9 Å². The van der Waals surface area contributed by atoms with Crippen LogP contribution in [0.1, 0.15) is 85.0 Å². The molecule has 4 nitrogen and oxygen atoms in total. The molecule has 4 heteroatoms. The number of hydrogen-bond acceptors (Lipinski definition) is 3. The summed E-state index contributed by atoms with van der Waals surface area (Å²) in [6, 6.07) is 2.04. The van der Waals surface area contributed by atoms with E-state index in [1.807, 2.05) is 26.8 Å². The average Bonchev–Trinajstić information content (AvgIpc) is 2.63. The van der Waals surface area contributed by atoms with Gasteiger partial charge in [-0.1, -0.05) is 65.4 Å². The van der Waals surface area contributed by atoms with Gasteiger partial charge in [0.2, 0.25) is 0 Å². The molecule has 0 aromatic rings. The summed E-state index contributed by atoms with van der Waals surface area (Å²) in [4.78, 5) is 24.3. The Kier molecular flexibility index (Phi) is 7.65. The first-order valence-corrected chi connectivity index (χ1v) is 10.6. The number of nitriles is 1. The number of nitrogens with zero attached hydrogens (tertiary/aromatic N) is 1. The van der Waals surface area contributed by atoms with E-state index < -0.39 is 5.97 Å². The van der Waals surface area contributed by atoms with Crippen molar-refractivity contribution in [2.45, 2.75) is 85.0 Å². The highest BCUT2D eigenvalue weighted by molar-refractivity contribution is 5.99. The maximum atomic E-state index is 12.4. The number of rotatable bonds is 6. The van der Waals surface area contributed by atoms with Gasteiger partial charge in [-0.3, -0.25) is 9.59 Å². The van der Waals surface area contributed by atoms with E-state index in [2.05, 4.69) is 0 Å². The topological polar surface area (TPSA) is 78.2 Å². The Morgan fingerprint density at radius 2 is 1.78 bits per heavy atom. The quantitative estimate of drug-likeness (QED) is 0.490. The van der Waals surface area contributed by atoms with Gasteiger partial charge in [-0.05, 0) is 42.4 Å². The highest BCUT2D eigenvalue weighted by Crippen LogP contribution is 2.44. The Hall–Kier alpha value is -1.63. The first-order chi connectivity index (χ1) is 12.7. The lowest BCUT2D eigenvalue weighted by Gasteiger charge is -2.40. The van der Waals surface area contributed by atoms with Crippen molar-refractivity contribution < 1.29 is 14.7 Å². The van der Waals surface area contributed by atoms with Gasteiger partial charge >= 0.3 is 5.97 Å². The fourth-order valence-corrected chi connectivity index (χ4v) is 5.03. The number of Topliss-reactive ketones (excluding diaryl/α,β-unsaturated/α-hetero) is 1. The van der Waals surface area contributed by atoms with Crippen LogP contribution < -0.4 is 0 Å². The predicted octanol–water partition coefficient (Wildman–Crippen LogP) is 5.53. The fraction of sp³-hybridized carbons (Fsp3) is 0.783. The standard InChI is InChI=1S/C23H35NO3/c1-23(2,3)14-18(15-24)21(25)12-10-16-9-11-19(20(13-16)22(26)27)17-7-5-4-6-8-17/h14,16-17,19-20H,4-13H2,1-3H3,(H,26,27)/b18-14+/t16?,19-,20+/m0/s1. The lowest BCUT2D eigenvalue weighted by Crippen LogP contribution is -2.36. The minimum Gasteiger partial charge on any atom is -0.481 e. The zero-order valence-electron chi connectivity index (χ0n) is 17.2. The van der Waals surface area contributed by atoms with Crippen LogP contribution in [0.3, 0.4) is 0 Å². The van der Waals surface area contributed by atoms with Gasteiger partial charge in [0.05, 0.1) is 11.5 Å². The molecule has 0 bridgehead atoms. The largest absolute Gasteiger partial charge is 0.481 e. The minimum atomic E-state index is -0.660. The Morgan fingerprint density at radius 1 is 1.11 bits per heavy atom. The van der Waals surface area contributed by atoms with E-state index in [1.54, 1.807) is 6.08 Å². The molecule has 0 saturated heterocycles.